The monoisotopic (exact) mass is 579 g/mol. The molecule has 1 aromatic carbocycles. The van der Waals surface area contributed by atoms with Gasteiger partial charge >= 0.3 is 0 Å². The summed E-state index contributed by atoms with van der Waals surface area (Å²) in [7, 11) is 1.58. The van der Waals surface area contributed by atoms with Crippen molar-refractivity contribution in [3.05, 3.63) is 75.8 Å². The van der Waals surface area contributed by atoms with Crippen LogP contribution in [0.25, 0.3) is 0 Å². The molecule has 0 fully saturated rings. The van der Waals surface area contributed by atoms with Crippen LogP contribution in [-0.4, -0.2) is 39.7 Å². The van der Waals surface area contributed by atoms with Gasteiger partial charge in [0.15, 0.2) is 10.1 Å². The molecule has 1 amide bonds. The number of pyridine rings is 1. The summed E-state index contributed by atoms with van der Waals surface area (Å²) in [5, 5.41) is 22.3. The number of rotatable bonds is 7. The molecule has 0 saturated heterocycles. The molecule has 3 aromatic rings. The lowest BCUT2D eigenvalue weighted by atomic mass is 9.76. The molecule has 3 N–H and O–H groups in total. The van der Waals surface area contributed by atoms with Crippen LogP contribution in [0.5, 0.6) is 5.75 Å². The summed E-state index contributed by atoms with van der Waals surface area (Å²) in [4.78, 5) is 31.4. The molecule has 5 rings (SSSR count). The molecule has 39 heavy (non-hydrogen) atoms. The first kappa shape index (κ1) is 26.7. The van der Waals surface area contributed by atoms with Crippen molar-refractivity contribution in [3.63, 3.8) is 0 Å². The number of hydrogen-bond acceptors (Lipinski definition) is 11. The molecule has 10 nitrogen and oxygen atoms in total. The number of ether oxygens (including phenoxy) is 1. The standard InChI is InChI=1S/C26H22ClN7O3S2/c1-37-16-8-5-14(6-9-16)22-17(11-28)24(29)34(18-3-2-4-19(35)23(18)22)25-32-33-26(39-25)38-13-21(36)31-20-10-7-15(27)12-30-20/h5-10,12,22H,2-4,13,29H2,1H3,(H,30,31,36). The molecule has 2 aromatic heterocycles. The number of aromatic nitrogens is 3. The molecule has 0 bridgehead atoms. The van der Waals surface area contributed by atoms with E-state index in [0.29, 0.717) is 50.9 Å². The number of ketones is 1. The second kappa shape index (κ2) is 11.4. The van der Waals surface area contributed by atoms with E-state index in [0.717, 1.165) is 11.3 Å². The number of carbonyl (C=O) groups excluding carboxylic acids is 2. The number of allylic oxidation sites excluding steroid dienone is 3. The Morgan fingerprint density at radius 1 is 1.28 bits per heavy atom. The fraction of sp³-hybridized carbons (Fsp3) is 0.231. The van der Waals surface area contributed by atoms with Gasteiger partial charge in [0.1, 0.15) is 17.4 Å². The Balaban J connectivity index is 1.41. The maximum atomic E-state index is 13.3. The number of methoxy groups -OCH3 is 1. The number of nitriles is 1. The highest BCUT2D eigenvalue weighted by atomic mass is 35.5. The van der Waals surface area contributed by atoms with Crippen LogP contribution in [0.3, 0.4) is 0 Å². The van der Waals surface area contributed by atoms with E-state index in [-0.39, 0.29) is 28.8 Å². The van der Waals surface area contributed by atoms with Crippen molar-refractivity contribution >= 4 is 57.3 Å². The lowest BCUT2D eigenvalue weighted by molar-refractivity contribution is -0.116. The minimum atomic E-state index is -0.577. The number of nitrogens with zero attached hydrogens (tertiary/aromatic N) is 5. The number of thioether (sulfide) groups is 1. The molecule has 1 aliphatic carbocycles. The average Bonchev–Trinajstić information content (AvgIpc) is 3.41. The molecule has 1 aliphatic heterocycles. The molecular weight excluding hydrogens is 558 g/mol. The first-order valence-electron chi connectivity index (χ1n) is 11.9. The van der Waals surface area contributed by atoms with E-state index in [1.807, 2.05) is 12.1 Å². The lowest BCUT2D eigenvalue weighted by Crippen LogP contribution is -2.38. The van der Waals surface area contributed by atoms with Gasteiger partial charge in [-0.2, -0.15) is 5.26 Å². The Morgan fingerprint density at radius 3 is 2.77 bits per heavy atom. The molecule has 198 valence electrons. The number of benzene rings is 1. The molecule has 13 heteroatoms. The van der Waals surface area contributed by atoms with Crippen molar-refractivity contribution in [2.45, 2.75) is 29.5 Å². The van der Waals surface area contributed by atoms with Crippen LogP contribution in [0.15, 0.2) is 69.6 Å². The Morgan fingerprint density at radius 2 is 2.08 bits per heavy atom. The number of nitrogens with one attached hydrogen (secondary N) is 1. The molecule has 0 saturated carbocycles. The zero-order valence-corrected chi connectivity index (χ0v) is 23.1. The summed E-state index contributed by atoms with van der Waals surface area (Å²) in [6.07, 6.45) is 3.11. The van der Waals surface area contributed by atoms with E-state index in [2.05, 4.69) is 26.6 Å². The van der Waals surface area contributed by atoms with Crippen molar-refractivity contribution in [1.29, 1.82) is 5.26 Å². The Labute approximate surface area is 237 Å². The second-order valence-electron chi connectivity index (χ2n) is 8.64. The van der Waals surface area contributed by atoms with E-state index in [9.17, 15) is 14.9 Å². The molecule has 2 aliphatic rings. The van der Waals surface area contributed by atoms with E-state index < -0.39 is 5.92 Å². The number of carbonyl (C=O) groups is 2. The van der Waals surface area contributed by atoms with Crippen molar-refractivity contribution < 1.29 is 14.3 Å². The molecular formula is C26H22ClN7O3S2. The van der Waals surface area contributed by atoms with E-state index in [4.69, 9.17) is 22.1 Å². The Kier molecular flexibility index (Phi) is 7.83. The summed E-state index contributed by atoms with van der Waals surface area (Å²) in [5.74, 6) is 0.506. The van der Waals surface area contributed by atoms with Gasteiger partial charge in [-0.3, -0.25) is 14.5 Å². The predicted molar refractivity (Wildman–Crippen MR) is 149 cm³/mol. The van der Waals surface area contributed by atoms with Crippen LogP contribution < -0.4 is 20.7 Å². The molecule has 0 spiro atoms. The van der Waals surface area contributed by atoms with Gasteiger partial charge in [-0.05, 0) is 42.7 Å². The Bertz CT molecular complexity index is 1530. The zero-order chi connectivity index (χ0) is 27.5. The van der Waals surface area contributed by atoms with Crippen LogP contribution in [0.2, 0.25) is 5.02 Å². The number of nitrogens with two attached hydrogens (primary N) is 1. The van der Waals surface area contributed by atoms with Gasteiger partial charge in [-0.1, -0.05) is 46.8 Å². The van der Waals surface area contributed by atoms with Crippen molar-refractivity contribution in [3.8, 4) is 11.8 Å². The number of hydrogen-bond donors (Lipinski definition) is 2. The van der Waals surface area contributed by atoms with Crippen LogP contribution in [0.4, 0.5) is 10.9 Å². The summed E-state index contributed by atoms with van der Waals surface area (Å²) >= 11 is 8.27. The fourth-order valence-corrected chi connectivity index (χ4v) is 6.33. The van der Waals surface area contributed by atoms with Gasteiger partial charge in [0.2, 0.25) is 11.0 Å². The summed E-state index contributed by atoms with van der Waals surface area (Å²) in [5.41, 5.74) is 8.93. The van der Waals surface area contributed by atoms with E-state index >= 15 is 0 Å². The highest BCUT2D eigenvalue weighted by molar-refractivity contribution is 8.01. The first-order chi connectivity index (χ1) is 18.9. The fourth-order valence-electron chi connectivity index (χ4n) is 4.54. The van der Waals surface area contributed by atoms with Crippen LogP contribution in [0.1, 0.15) is 30.7 Å². The highest BCUT2D eigenvalue weighted by Gasteiger charge is 2.41. The molecule has 3 heterocycles. The quantitative estimate of drug-likeness (QED) is 0.379. The van der Waals surface area contributed by atoms with Gasteiger partial charge < -0.3 is 15.8 Å². The lowest BCUT2D eigenvalue weighted by Gasteiger charge is -2.38. The second-order valence-corrected chi connectivity index (χ2v) is 11.3. The maximum Gasteiger partial charge on any atom is 0.235 e. The van der Waals surface area contributed by atoms with Gasteiger partial charge in [0.25, 0.3) is 0 Å². The van der Waals surface area contributed by atoms with Gasteiger partial charge in [-0.25, -0.2) is 4.98 Å². The normalized spacial score (nSPS) is 17.1. The zero-order valence-electron chi connectivity index (χ0n) is 20.7. The van der Waals surface area contributed by atoms with Crippen LogP contribution in [-0.2, 0) is 9.59 Å². The van der Waals surface area contributed by atoms with Crippen molar-refractivity contribution in [2.24, 2.45) is 5.73 Å². The summed E-state index contributed by atoms with van der Waals surface area (Å²) in [6.45, 7) is 0. The minimum Gasteiger partial charge on any atom is -0.497 e. The van der Waals surface area contributed by atoms with Gasteiger partial charge in [-0.15, -0.1) is 10.2 Å². The van der Waals surface area contributed by atoms with Crippen molar-refractivity contribution in [1.82, 2.24) is 15.2 Å². The third-order valence-corrected chi connectivity index (χ3v) is 8.54. The number of Topliss-reactive ketones (excluding diaryl/α,β-unsaturated/α-hetero) is 1. The SMILES string of the molecule is COc1ccc(C2C(C#N)=C(N)N(c3nnc(SCC(=O)Nc4ccc(Cl)cn4)s3)C3=C2C(=O)CCC3)cc1. The van der Waals surface area contributed by atoms with E-state index in [1.165, 1.54) is 29.3 Å². The van der Waals surface area contributed by atoms with Gasteiger partial charge in [0.05, 0.1) is 35.4 Å². The third-order valence-electron chi connectivity index (χ3n) is 6.27. The molecule has 0 radical (unpaired) electrons. The highest BCUT2D eigenvalue weighted by Crippen LogP contribution is 2.47. The topological polar surface area (TPSA) is 147 Å². The number of anilines is 2. The number of halogens is 1. The van der Waals surface area contributed by atoms with Crippen molar-refractivity contribution in [2.75, 3.05) is 23.1 Å². The van der Waals surface area contributed by atoms with Crippen LogP contribution >= 0.6 is 34.7 Å². The molecule has 1 unspecified atom stereocenters. The third kappa shape index (κ3) is 5.47. The summed E-state index contributed by atoms with van der Waals surface area (Å²) < 4.78 is 5.81. The number of amides is 1. The molecule has 1 atom stereocenters. The largest absolute Gasteiger partial charge is 0.497 e. The van der Waals surface area contributed by atoms with Crippen LogP contribution in [0, 0.1) is 11.3 Å². The maximum absolute atomic E-state index is 13.3. The predicted octanol–water partition coefficient (Wildman–Crippen LogP) is 4.63. The van der Waals surface area contributed by atoms with Gasteiger partial charge in [0, 0.05) is 23.9 Å². The Hall–Kier alpha value is -3.92. The van der Waals surface area contributed by atoms with E-state index in [1.54, 1.807) is 36.3 Å². The summed E-state index contributed by atoms with van der Waals surface area (Å²) in [6, 6.07) is 12.8. The smallest absolute Gasteiger partial charge is 0.235 e. The average molecular weight is 580 g/mol. The first-order valence-corrected chi connectivity index (χ1v) is 14.1. The minimum absolute atomic E-state index is 0.0195.